The summed E-state index contributed by atoms with van der Waals surface area (Å²) in [4.78, 5) is 35.0. The highest BCUT2D eigenvalue weighted by Gasteiger charge is 2.24. The molecular weight excluding hydrogens is 402 g/mol. The maximum atomic E-state index is 12.1. The molecule has 1 aliphatic heterocycles. The van der Waals surface area contributed by atoms with E-state index in [9.17, 15) is 19.7 Å². The van der Waals surface area contributed by atoms with E-state index in [4.69, 9.17) is 25.8 Å². The number of ketones is 1. The molecule has 29 heavy (non-hydrogen) atoms. The van der Waals surface area contributed by atoms with Crippen LogP contribution < -0.4 is 4.74 Å². The van der Waals surface area contributed by atoms with Crippen molar-refractivity contribution in [1.29, 1.82) is 0 Å². The van der Waals surface area contributed by atoms with Crippen molar-refractivity contribution in [3.05, 3.63) is 68.7 Å². The number of carbonyl (C=O) groups excluding carboxylic acids is 2. The van der Waals surface area contributed by atoms with E-state index >= 15 is 0 Å². The standard InChI is InChI=1S/C20H18ClNO7/c21-15-5-2-13(3-6-15)17(23)7-9-19(24)29-18-8-4-14(12-16(18)22(25)26)20-27-10-1-11-28-20/h2-6,8,12,20H,1,7,9-11H2. The maximum Gasteiger partial charge on any atom is 0.312 e. The number of nitro benzene ring substituents is 1. The molecule has 0 unspecified atom stereocenters. The maximum absolute atomic E-state index is 12.1. The predicted molar refractivity (Wildman–Crippen MR) is 103 cm³/mol. The Bertz CT molecular complexity index is 908. The minimum Gasteiger partial charge on any atom is -0.419 e. The predicted octanol–water partition coefficient (Wildman–Crippen LogP) is 4.25. The van der Waals surface area contributed by atoms with Gasteiger partial charge in [0, 0.05) is 28.6 Å². The molecular formula is C20H18ClNO7. The summed E-state index contributed by atoms with van der Waals surface area (Å²) in [5.41, 5.74) is 0.511. The molecule has 2 aromatic rings. The highest BCUT2D eigenvalue weighted by molar-refractivity contribution is 6.30. The topological polar surface area (TPSA) is 105 Å². The number of rotatable bonds is 7. The highest BCUT2D eigenvalue weighted by atomic mass is 35.5. The SMILES string of the molecule is O=C(CCC(=O)c1ccc(Cl)cc1)Oc1ccc(C2OCCCO2)cc1[N+](=O)[O-]. The molecule has 152 valence electrons. The molecule has 0 saturated carbocycles. The van der Waals surface area contributed by atoms with Crippen LogP contribution in [-0.2, 0) is 14.3 Å². The Hall–Kier alpha value is -2.81. The second kappa shape index (κ2) is 9.60. The molecule has 0 amide bonds. The van der Waals surface area contributed by atoms with Gasteiger partial charge in [-0.15, -0.1) is 0 Å². The lowest BCUT2D eigenvalue weighted by Gasteiger charge is -2.23. The lowest BCUT2D eigenvalue weighted by atomic mass is 10.1. The molecule has 0 bridgehead atoms. The zero-order valence-electron chi connectivity index (χ0n) is 15.3. The molecule has 0 aromatic heterocycles. The van der Waals surface area contributed by atoms with Crippen LogP contribution in [0.25, 0.3) is 0 Å². The van der Waals surface area contributed by atoms with Crippen molar-refractivity contribution in [3.8, 4) is 5.75 Å². The van der Waals surface area contributed by atoms with Crippen molar-refractivity contribution in [2.75, 3.05) is 13.2 Å². The number of nitrogens with zero attached hydrogens (tertiary/aromatic N) is 1. The van der Waals surface area contributed by atoms with Crippen molar-refractivity contribution in [2.45, 2.75) is 25.6 Å². The number of nitro groups is 1. The molecule has 0 spiro atoms. The van der Waals surface area contributed by atoms with Crippen LogP contribution in [0.2, 0.25) is 5.02 Å². The summed E-state index contributed by atoms with van der Waals surface area (Å²) >= 11 is 5.78. The fourth-order valence-corrected chi connectivity index (χ4v) is 2.89. The monoisotopic (exact) mass is 419 g/mol. The summed E-state index contributed by atoms with van der Waals surface area (Å²) in [6.07, 6.45) is -0.238. The van der Waals surface area contributed by atoms with Crippen LogP contribution in [0.1, 0.15) is 41.5 Å². The Balaban J connectivity index is 1.63. The molecule has 2 aromatic carbocycles. The van der Waals surface area contributed by atoms with Gasteiger partial charge in [0.15, 0.2) is 12.1 Å². The van der Waals surface area contributed by atoms with E-state index in [0.717, 1.165) is 6.42 Å². The number of esters is 1. The number of benzene rings is 2. The number of Topliss-reactive ketones (excluding diaryl/α,β-unsaturated/α-hetero) is 1. The molecule has 0 atom stereocenters. The van der Waals surface area contributed by atoms with E-state index in [2.05, 4.69) is 0 Å². The third kappa shape index (κ3) is 5.60. The van der Waals surface area contributed by atoms with Gasteiger partial charge < -0.3 is 14.2 Å². The summed E-state index contributed by atoms with van der Waals surface area (Å²) in [5, 5.41) is 11.9. The third-order valence-corrected chi connectivity index (χ3v) is 4.48. The minimum atomic E-state index is -0.742. The van der Waals surface area contributed by atoms with Gasteiger partial charge in [-0.05, 0) is 42.8 Å². The first-order valence-corrected chi connectivity index (χ1v) is 9.33. The highest BCUT2D eigenvalue weighted by Crippen LogP contribution is 2.33. The molecule has 0 N–H and O–H groups in total. The fourth-order valence-electron chi connectivity index (χ4n) is 2.76. The molecule has 3 rings (SSSR count). The number of carbonyl (C=O) groups is 2. The van der Waals surface area contributed by atoms with Gasteiger partial charge >= 0.3 is 11.7 Å². The van der Waals surface area contributed by atoms with Crippen molar-refractivity contribution in [1.82, 2.24) is 0 Å². The third-order valence-electron chi connectivity index (χ3n) is 4.23. The van der Waals surface area contributed by atoms with E-state index in [0.29, 0.717) is 29.4 Å². The lowest BCUT2D eigenvalue weighted by molar-refractivity contribution is -0.385. The Morgan fingerprint density at radius 3 is 2.45 bits per heavy atom. The van der Waals surface area contributed by atoms with Gasteiger partial charge in [0.2, 0.25) is 5.75 Å². The van der Waals surface area contributed by atoms with Crippen LogP contribution in [0.4, 0.5) is 5.69 Å². The zero-order valence-corrected chi connectivity index (χ0v) is 16.1. The van der Waals surface area contributed by atoms with Crippen LogP contribution in [-0.4, -0.2) is 29.9 Å². The number of hydrogen-bond acceptors (Lipinski definition) is 7. The average Bonchev–Trinajstić information content (AvgIpc) is 2.73. The molecule has 1 saturated heterocycles. The molecule has 0 aliphatic carbocycles. The summed E-state index contributed by atoms with van der Waals surface area (Å²) in [7, 11) is 0. The van der Waals surface area contributed by atoms with Crippen LogP contribution in [0, 0.1) is 10.1 Å². The van der Waals surface area contributed by atoms with Crippen molar-refractivity contribution in [3.63, 3.8) is 0 Å². The van der Waals surface area contributed by atoms with Gasteiger partial charge in [-0.1, -0.05) is 11.6 Å². The fraction of sp³-hybridized carbons (Fsp3) is 0.300. The Morgan fingerprint density at radius 1 is 1.10 bits per heavy atom. The van der Waals surface area contributed by atoms with Gasteiger partial charge in [-0.3, -0.25) is 19.7 Å². The van der Waals surface area contributed by atoms with E-state index in [1.54, 1.807) is 30.3 Å². The van der Waals surface area contributed by atoms with Gasteiger partial charge in [-0.2, -0.15) is 0 Å². The van der Waals surface area contributed by atoms with E-state index < -0.39 is 17.2 Å². The molecule has 1 heterocycles. The van der Waals surface area contributed by atoms with Gasteiger partial charge in [0.05, 0.1) is 24.6 Å². The zero-order chi connectivity index (χ0) is 20.8. The van der Waals surface area contributed by atoms with E-state index in [1.165, 1.54) is 12.1 Å². The van der Waals surface area contributed by atoms with Crippen molar-refractivity contribution < 1.29 is 28.7 Å². The van der Waals surface area contributed by atoms with E-state index in [-0.39, 0.29) is 30.1 Å². The van der Waals surface area contributed by atoms with Gasteiger partial charge in [-0.25, -0.2) is 0 Å². The molecule has 9 heteroatoms. The van der Waals surface area contributed by atoms with Gasteiger partial charge in [0.1, 0.15) is 0 Å². The summed E-state index contributed by atoms with van der Waals surface area (Å²) in [6.45, 7) is 0.994. The van der Waals surface area contributed by atoms with Crippen molar-refractivity contribution >= 4 is 29.0 Å². The summed E-state index contributed by atoms with van der Waals surface area (Å²) in [5.74, 6) is -1.19. The first-order valence-electron chi connectivity index (χ1n) is 8.95. The van der Waals surface area contributed by atoms with Crippen LogP contribution >= 0.6 is 11.6 Å². The average molecular weight is 420 g/mol. The first-order chi connectivity index (χ1) is 13.9. The van der Waals surface area contributed by atoms with E-state index in [1.807, 2.05) is 0 Å². The second-order valence-corrected chi connectivity index (χ2v) is 6.75. The summed E-state index contributed by atoms with van der Waals surface area (Å²) < 4.78 is 16.0. The second-order valence-electron chi connectivity index (χ2n) is 6.32. The van der Waals surface area contributed by atoms with Crippen LogP contribution in [0.15, 0.2) is 42.5 Å². The Morgan fingerprint density at radius 2 is 1.79 bits per heavy atom. The minimum absolute atomic E-state index is 0.0872. The molecule has 0 radical (unpaired) electrons. The lowest BCUT2D eigenvalue weighted by Crippen LogP contribution is -2.18. The smallest absolute Gasteiger partial charge is 0.312 e. The number of ether oxygens (including phenoxy) is 3. The molecule has 1 fully saturated rings. The Kier molecular flexibility index (Phi) is 6.92. The largest absolute Gasteiger partial charge is 0.419 e. The molecule has 1 aliphatic rings. The van der Waals surface area contributed by atoms with Crippen LogP contribution in [0.3, 0.4) is 0 Å². The molecule has 8 nitrogen and oxygen atoms in total. The summed E-state index contributed by atoms with van der Waals surface area (Å²) in [6, 6.07) is 10.4. The first kappa shape index (κ1) is 20.9. The van der Waals surface area contributed by atoms with Crippen LogP contribution in [0.5, 0.6) is 5.75 Å². The number of halogens is 1. The van der Waals surface area contributed by atoms with Crippen molar-refractivity contribution in [2.24, 2.45) is 0 Å². The normalized spacial score (nSPS) is 14.4. The quantitative estimate of drug-likeness (QED) is 0.217. The number of hydrogen-bond donors (Lipinski definition) is 0. The van der Waals surface area contributed by atoms with Gasteiger partial charge in [0.25, 0.3) is 0 Å². The Labute approximate surface area is 171 Å².